The zero-order valence-electron chi connectivity index (χ0n) is 16.6. The number of alkyl halides is 1. The van der Waals surface area contributed by atoms with Crippen LogP contribution in [0.25, 0.3) is 21.8 Å². The molecule has 0 saturated heterocycles. The van der Waals surface area contributed by atoms with Crippen molar-refractivity contribution in [2.24, 2.45) is 0 Å². The highest BCUT2D eigenvalue weighted by molar-refractivity contribution is 9.10. The van der Waals surface area contributed by atoms with Crippen molar-refractivity contribution in [3.05, 3.63) is 53.4 Å². The van der Waals surface area contributed by atoms with Gasteiger partial charge in [0.1, 0.15) is 5.01 Å². The van der Waals surface area contributed by atoms with Gasteiger partial charge in [-0.2, -0.15) is 0 Å². The number of ether oxygens (including phenoxy) is 2. The summed E-state index contributed by atoms with van der Waals surface area (Å²) in [5.41, 5.74) is 3.97. The number of halogens is 1. The Hall–Kier alpha value is -2.38. The van der Waals surface area contributed by atoms with E-state index in [0.717, 1.165) is 33.8 Å². The third kappa shape index (κ3) is 5.16. The number of hydrogen-bond acceptors (Lipinski definition) is 5. The second-order valence-corrected chi connectivity index (χ2v) is 8.36. The summed E-state index contributed by atoms with van der Waals surface area (Å²) in [6, 6.07) is 13.9. The van der Waals surface area contributed by atoms with Crippen LogP contribution in [-0.2, 0) is 11.3 Å². The Bertz CT molecular complexity index is 972. The van der Waals surface area contributed by atoms with Gasteiger partial charge in [-0.3, -0.25) is 4.79 Å². The number of benzene rings is 2. The number of nitrogens with one attached hydrogen (secondary N) is 1. The lowest BCUT2D eigenvalue weighted by Gasteiger charge is -2.09. The predicted octanol–water partition coefficient (Wildman–Crippen LogP) is 5.28. The van der Waals surface area contributed by atoms with E-state index in [-0.39, 0.29) is 10.7 Å². The molecule has 5 nitrogen and oxygen atoms in total. The topological polar surface area (TPSA) is 60.5 Å². The van der Waals surface area contributed by atoms with Crippen LogP contribution < -0.4 is 14.8 Å². The van der Waals surface area contributed by atoms with Gasteiger partial charge >= 0.3 is 0 Å². The maximum absolute atomic E-state index is 11.9. The molecule has 1 aromatic heterocycles. The van der Waals surface area contributed by atoms with Crippen molar-refractivity contribution in [1.29, 1.82) is 0 Å². The van der Waals surface area contributed by atoms with Gasteiger partial charge in [0.25, 0.3) is 0 Å². The van der Waals surface area contributed by atoms with Crippen LogP contribution >= 0.6 is 27.3 Å². The fraction of sp³-hybridized carbons (Fsp3) is 0.273. The number of methoxy groups -OCH3 is 2. The molecule has 0 aliphatic rings. The largest absolute Gasteiger partial charge is 0.493 e. The van der Waals surface area contributed by atoms with Crippen LogP contribution in [0.15, 0.2) is 47.8 Å². The van der Waals surface area contributed by atoms with Crippen LogP contribution in [0, 0.1) is 0 Å². The molecule has 7 heteroatoms. The first-order valence-corrected chi connectivity index (χ1v) is 11.0. The van der Waals surface area contributed by atoms with Crippen LogP contribution in [0.5, 0.6) is 11.5 Å². The molecule has 1 atom stereocenters. The molecule has 29 heavy (non-hydrogen) atoms. The molecule has 0 fully saturated rings. The highest BCUT2D eigenvalue weighted by Crippen LogP contribution is 2.34. The summed E-state index contributed by atoms with van der Waals surface area (Å²) in [6.07, 6.45) is 0.761. The molecular formula is C22H23BrN2O3S. The van der Waals surface area contributed by atoms with Gasteiger partial charge in [0, 0.05) is 23.1 Å². The fourth-order valence-corrected chi connectivity index (χ4v) is 3.78. The minimum Gasteiger partial charge on any atom is -0.493 e. The summed E-state index contributed by atoms with van der Waals surface area (Å²) in [4.78, 5) is 16.5. The Morgan fingerprint density at radius 1 is 1.10 bits per heavy atom. The summed E-state index contributed by atoms with van der Waals surface area (Å²) in [6.45, 7) is 2.48. The summed E-state index contributed by atoms with van der Waals surface area (Å²) in [5.74, 6) is 1.38. The van der Waals surface area contributed by atoms with Crippen LogP contribution in [0.1, 0.15) is 18.9 Å². The zero-order valence-corrected chi connectivity index (χ0v) is 19.0. The number of thiazole rings is 1. The first kappa shape index (κ1) is 21.3. The Balaban J connectivity index is 1.71. The maximum atomic E-state index is 11.9. The lowest BCUT2D eigenvalue weighted by molar-refractivity contribution is -0.120. The molecule has 0 spiro atoms. The minimum atomic E-state index is -0.146. The average molecular weight is 475 g/mol. The number of hydrogen-bond donors (Lipinski definition) is 1. The molecule has 1 unspecified atom stereocenters. The lowest BCUT2D eigenvalue weighted by atomic mass is 10.1. The van der Waals surface area contributed by atoms with Gasteiger partial charge in [0.05, 0.1) is 24.7 Å². The van der Waals surface area contributed by atoms with Gasteiger partial charge < -0.3 is 14.8 Å². The number of aromatic nitrogens is 1. The van der Waals surface area contributed by atoms with Crippen molar-refractivity contribution in [3.63, 3.8) is 0 Å². The van der Waals surface area contributed by atoms with Crippen molar-refractivity contribution in [2.45, 2.75) is 24.7 Å². The number of rotatable bonds is 8. The van der Waals surface area contributed by atoms with E-state index in [1.54, 1.807) is 25.6 Å². The minimum absolute atomic E-state index is 0.0102. The Morgan fingerprint density at radius 3 is 2.45 bits per heavy atom. The SMILES string of the molecule is CCC(Br)C(=O)NCc1ccc(-c2nc(-c3ccc(OC)c(OC)c3)cs2)cc1. The molecule has 3 rings (SSSR count). The molecule has 0 radical (unpaired) electrons. The smallest absolute Gasteiger partial charge is 0.234 e. The van der Waals surface area contributed by atoms with E-state index in [1.165, 1.54) is 0 Å². The molecule has 1 amide bonds. The first-order valence-electron chi connectivity index (χ1n) is 9.24. The maximum Gasteiger partial charge on any atom is 0.234 e. The molecule has 0 saturated carbocycles. The van der Waals surface area contributed by atoms with Crippen molar-refractivity contribution in [2.75, 3.05) is 14.2 Å². The van der Waals surface area contributed by atoms with Crippen molar-refractivity contribution >= 4 is 33.2 Å². The summed E-state index contributed by atoms with van der Waals surface area (Å²) >= 11 is 4.96. The summed E-state index contributed by atoms with van der Waals surface area (Å²) in [7, 11) is 3.24. The molecule has 2 aromatic carbocycles. The van der Waals surface area contributed by atoms with Gasteiger partial charge in [0.2, 0.25) is 5.91 Å². The molecule has 0 bridgehead atoms. The summed E-state index contributed by atoms with van der Waals surface area (Å²) < 4.78 is 10.7. The number of nitrogens with zero attached hydrogens (tertiary/aromatic N) is 1. The highest BCUT2D eigenvalue weighted by atomic mass is 79.9. The van der Waals surface area contributed by atoms with Gasteiger partial charge in [-0.25, -0.2) is 4.98 Å². The van der Waals surface area contributed by atoms with Gasteiger partial charge in [-0.05, 0) is 30.2 Å². The Labute approximate surface area is 183 Å². The standard InChI is InChI=1S/C22H23BrN2O3S/c1-4-17(23)21(26)24-12-14-5-7-15(8-6-14)22-25-18(13-29-22)16-9-10-19(27-2)20(11-16)28-3/h5-11,13,17H,4,12H2,1-3H3,(H,24,26). The van der Waals surface area contributed by atoms with E-state index < -0.39 is 0 Å². The van der Waals surface area contributed by atoms with Gasteiger partial charge in [0.15, 0.2) is 11.5 Å². The molecule has 0 aliphatic carbocycles. The molecule has 152 valence electrons. The molecule has 3 aromatic rings. The van der Waals surface area contributed by atoms with E-state index in [0.29, 0.717) is 18.0 Å². The van der Waals surface area contributed by atoms with E-state index in [9.17, 15) is 4.79 Å². The quantitative estimate of drug-likeness (QED) is 0.450. The van der Waals surface area contributed by atoms with Crippen LogP contribution in [0.3, 0.4) is 0 Å². The molecular weight excluding hydrogens is 452 g/mol. The van der Waals surface area contributed by atoms with E-state index >= 15 is 0 Å². The van der Waals surface area contributed by atoms with E-state index in [2.05, 4.69) is 21.2 Å². The number of carbonyl (C=O) groups excluding carboxylic acids is 1. The van der Waals surface area contributed by atoms with Crippen molar-refractivity contribution in [3.8, 4) is 33.3 Å². The third-order valence-corrected chi connectivity index (χ3v) is 6.45. The van der Waals surface area contributed by atoms with Crippen LogP contribution in [0.2, 0.25) is 0 Å². The second-order valence-electron chi connectivity index (χ2n) is 6.40. The Morgan fingerprint density at radius 2 is 1.79 bits per heavy atom. The van der Waals surface area contributed by atoms with Crippen molar-refractivity contribution in [1.82, 2.24) is 10.3 Å². The summed E-state index contributed by atoms with van der Waals surface area (Å²) in [5, 5.41) is 5.91. The van der Waals surface area contributed by atoms with Crippen LogP contribution in [-0.4, -0.2) is 29.9 Å². The monoisotopic (exact) mass is 474 g/mol. The van der Waals surface area contributed by atoms with Gasteiger partial charge in [-0.1, -0.05) is 47.1 Å². The average Bonchev–Trinajstić information content (AvgIpc) is 3.27. The normalized spacial score (nSPS) is 11.7. The van der Waals surface area contributed by atoms with Gasteiger partial charge in [-0.15, -0.1) is 11.3 Å². The number of amides is 1. The van der Waals surface area contributed by atoms with E-state index in [1.807, 2.05) is 54.8 Å². The third-order valence-electron chi connectivity index (χ3n) is 4.49. The fourth-order valence-electron chi connectivity index (χ4n) is 2.78. The second kappa shape index (κ2) is 9.89. The Kier molecular flexibility index (Phi) is 7.28. The van der Waals surface area contributed by atoms with E-state index in [4.69, 9.17) is 14.5 Å². The molecule has 1 N–H and O–H groups in total. The number of carbonyl (C=O) groups is 1. The van der Waals surface area contributed by atoms with Crippen LogP contribution in [0.4, 0.5) is 0 Å². The van der Waals surface area contributed by atoms with Crippen molar-refractivity contribution < 1.29 is 14.3 Å². The molecule has 0 aliphatic heterocycles. The first-order chi connectivity index (χ1) is 14.0. The highest BCUT2D eigenvalue weighted by Gasteiger charge is 2.12. The zero-order chi connectivity index (χ0) is 20.8. The predicted molar refractivity (Wildman–Crippen MR) is 121 cm³/mol. The lowest BCUT2D eigenvalue weighted by Crippen LogP contribution is -2.30. The molecule has 1 heterocycles.